The summed E-state index contributed by atoms with van der Waals surface area (Å²) in [7, 11) is 0. The van der Waals surface area contributed by atoms with Gasteiger partial charge in [-0.3, -0.25) is 0 Å². The van der Waals surface area contributed by atoms with Crippen molar-refractivity contribution in [2.75, 3.05) is 6.54 Å². The van der Waals surface area contributed by atoms with Crippen molar-refractivity contribution in [3.63, 3.8) is 0 Å². The third-order valence-electron chi connectivity index (χ3n) is 3.80. The SMILES string of the molecule is Cc1ccc(C(=O)Oc2ccc3c(c2)C2=NNCC2=CO3)cc1. The lowest BCUT2D eigenvalue weighted by molar-refractivity contribution is 0.0734. The number of benzene rings is 2. The van der Waals surface area contributed by atoms with Crippen LogP contribution in [0.5, 0.6) is 11.5 Å². The Hall–Kier alpha value is -3.08. The Morgan fingerprint density at radius 3 is 2.87 bits per heavy atom. The first-order chi connectivity index (χ1) is 11.2. The van der Waals surface area contributed by atoms with Crippen molar-refractivity contribution < 1.29 is 14.3 Å². The topological polar surface area (TPSA) is 59.9 Å². The van der Waals surface area contributed by atoms with Crippen molar-refractivity contribution in [2.24, 2.45) is 5.10 Å². The predicted molar refractivity (Wildman–Crippen MR) is 85.8 cm³/mol. The third kappa shape index (κ3) is 2.46. The molecular weight excluding hydrogens is 292 g/mol. The molecule has 0 saturated heterocycles. The molecule has 4 rings (SSSR count). The number of carbonyl (C=O) groups is 1. The zero-order chi connectivity index (χ0) is 15.8. The summed E-state index contributed by atoms with van der Waals surface area (Å²) in [6.45, 7) is 2.61. The van der Waals surface area contributed by atoms with E-state index in [0.29, 0.717) is 23.6 Å². The van der Waals surface area contributed by atoms with Gasteiger partial charge in [-0.1, -0.05) is 17.7 Å². The highest BCUT2D eigenvalue weighted by atomic mass is 16.5. The minimum atomic E-state index is -0.385. The van der Waals surface area contributed by atoms with Crippen LogP contribution in [0.1, 0.15) is 21.5 Å². The van der Waals surface area contributed by atoms with Crippen LogP contribution in [0, 0.1) is 6.92 Å². The van der Waals surface area contributed by atoms with E-state index in [2.05, 4.69) is 10.5 Å². The lowest BCUT2D eigenvalue weighted by Crippen LogP contribution is -2.13. The highest BCUT2D eigenvalue weighted by molar-refractivity contribution is 6.16. The summed E-state index contributed by atoms with van der Waals surface area (Å²) < 4.78 is 11.0. The molecule has 23 heavy (non-hydrogen) atoms. The highest BCUT2D eigenvalue weighted by Gasteiger charge is 2.24. The number of nitrogens with one attached hydrogen (secondary N) is 1. The Balaban J connectivity index is 1.61. The van der Waals surface area contributed by atoms with E-state index < -0.39 is 0 Å². The molecule has 0 unspecified atom stereocenters. The average molecular weight is 306 g/mol. The predicted octanol–water partition coefficient (Wildman–Crippen LogP) is 2.80. The molecule has 0 amide bonds. The lowest BCUT2D eigenvalue weighted by Gasteiger charge is -2.16. The molecule has 2 heterocycles. The Morgan fingerprint density at radius 2 is 2.04 bits per heavy atom. The molecule has 2 aromatic carbocycles. The normalized spacial score (nSPS) is 14.7. The number of ether oxygens (including phenoxy) is 2. The van der Waals surface area contributed by atoms with Crippen molar-refractivity contribution in [3.8, 4) is 11.5 Å². The number of rotatable bonds is 2. The summed E-state index contributed by atoms with van der Waals surface area (Å²) in [4.78, 5) is 12.2. The van der Waals surface area contributed by atoms with E-state index in [1.54, 1.807) is 36.6 Å². The monoisotopic (exact) mass is 306 g/mol. The largest absolute Gasteiger partial charge is 0.464 e. The van der Waals surface area contributed by atoms with Gasteiger partial charge in [0.1, 0.15) is 17.2 Å². The molecule has 5 nitrogen and oxygen atoms in total. The van der Waals surface area contributed by atoms with Gasteiger partial charge < -0.3 is 14.9 Å². The maximum Gasteiger partial charge on any atom is 0.343 e. The van der Waals surface area contributed by atoms with Crippen LogP contribution in [0.4, 0.5) is 0 Å². The summed E-state index contributed by atoms with van der Waals surface area (Å²) in [6.07, 6.45) is 1.69. The molecule has 0 radical (unpaired) electrons. The number of aryl methyl sites for hydroxylation is 1. The molecular formula is C18H14N2O3. The van der Waals surface area contributed by atoms with Gasteiger partial charge in [0.05, 0.1) is 18.4 Å². The van der Waals surface area contributed by atoms with Crippen LogP contribution in [-0.2, 0) is 0 Å². The van der Waals surface area contributed by atoms with E-state index in [-0.39, 0.29) is 5.97 Å². The molecule has 0 aliphatic carbocycles. The summed E-state index contributed by atoms with van der Waals surface area (Å²) in [5.74, 6) is 0.782. The lowest BCUT2D eigenvalue weighted by atomic mass is 10.0. The van der Waals surface area contributed by atoms with Gasteiger partial charge in [0.2, 0.25) is 0 Å². The zero-order valence-corrected chi connectivity index (χ0v) is 12.5. The van der Waals surface area contributed by atoms with Gasteiger partial charge in [-0.25, -0.2) is 4.79 Å². The van der Waals surface area contributed by atoms with Gasteiger partial charge in [-0.05, 0) is 37.3 Å². The maximum absolute atomic E-state index is 12.2. The van der Waals surface area contributed by atoms with E-state index in [1.807, 2.05) is 19.1 Å². The van der Waals surface area contributed by atoms with Crippen LogP contribution < -0.4 is 14.9 Å². The van der Waals surface area contributed by atoms with Crippen LogP contribution in [0.25, 0.3) is 0 Å². The quantitative estimate of drug-likeness (QED) is 0.684. The Bertz CT molecular complexity index is 851. The van der Waals surface area contributed by atoms with Crippen LogP contribution in [-0.4, -0.2) is 18.2 Å². The smallest absolute Gasteiger partial charge is 0.343 e. The number of hydrogen-bond donors (Lipinski definition) is 1. The highest BCUT2D eigenvalue weighted by Crippen LogP contribution is 2.32. The molecule has 0 atom stereocenters. The third-order valence-corrected chi connectivity index (χ3v) is 3.80. The number of carbonyl (C=O) groups excluding carboxylic acids is 1. The van der Waals surface area contributed by atoms with Gasteiger partial charge in [0.25, 0.3) is 0 Å². The van der Waals surface area contributed by atoms with E-state index >= 15 is 0 Å². The first kappa shape index (κ1) is 13.6. The molecule has 0 fully saturated rings. The Labute approximate surface area is 133 Å². The van der Waals surface area contributed by atoms with Crippen LogP contribution >= 0.6 is 0 Å². The van der Waals surface area contributed by atoms with Crippen molar-refractivity contribution in [2.45, 2.75) is 6.92 Å². The molecule has 0 spiro atoms. The maximum atomic E-state index is 12.2. The molecule has 2 aliphatic rings. The van der Waals surface area contributed by atoms with E-state index in [9.17, 15) is 4.79 Å². The van der Waals surface area contributed by atoms with Gasteiger partial charge in [0.15, 0.2) is 0 Å². The minimum Gasteiger partial charge on any atom is -0.464 e. The number of hydrogen-bond acceptors (Lipinski definition) is 5. The number of fused-ring (bicyclic) bond motifs is 3. The van der Waals surface area contributed by atoms with Gasteiger partial charge in [0, 0.05) is 11.1 Å². The molecule has 0 aromatic heterocycles. The summed E-state index contributed by atoms with van der Waals surface area (Å²) in [6, 6.07) is 12.5. The standard InChI is InChI=1S/C18H14N2O3/c1-11-2-4-12(5-3-11)18(21)23-14-6-7-16-15(8-14)17-13(10-22-16)9-19-20-17/h2-8,10,19H,9H2,1H3. The molecule has 2 aliphatic heterocycles. The second kappa shape index (κ2) is 5.28. The molecule has 0 saturated carbocycles. The van der Waals surface area contributed by atoms with Crippen LogP contribution in [0.3, 0.4) is 0 Å². The van der Waals surface area contributed by atoms with Crippen molar-refractivity contribution >= 4 is 11.7 Å². The summed E-state index contributed by atoms with van der Waals surface area (Å²) >= 11 is 0. The van der Waals surface area contributed by atoms with Gasteiger partial charge in [-0.15, -0.1) is 0 Å². The Kier molecular flexibility index (Phi) is 3.12. The first-order valence-corrected chi connectivity index (χ1v) is 7.30. The summed E-state index contributed by atoms with van der Waals surface area (Å²) in [5, 5.41) is 4.27. The van der Waals surface area contributed by atoms with Gasteiger partial charge >= 0.3 is 5.97 Å². The second-order valence-corrected chi connectivity index (χ2v) is 5.47. The molecule has 1 N–H and O–H groups in total. The van der Waals surface area contributed by atoms with E-state index in [1.165, 1.54) is 0 Å². The number of hydrazone groups is 1. The van der Waals surface area contributed by atoms with Crippen molar-refractivity contribution in [1.29, 1.82) is 0 Å². The molecule has 0 bridgehead atoms. The fraction of sp³-hybridized carbons (Fsp3) is 0.111. The number of nitrogens with zero attached hydrogens (tertiary/aromatic N) is 1. The molecule has 114 valence electrons. The minimum absolute atomic E-state index is 0.385. The van der Waals surface area contributed by atoms with E-state index in [4.69, 9.17) is 9.47 Å². The Morgan fingerprint density at radius 1 is 1.22 bits per heavy atom. The van der Waals surface area contributed by atoms with E-state index in [0.717, 1.165) is 22.4 Å². The molecule has 2 aromatic rings. The fourth-order valence-electron chi connectivity index (χ4n) is 2.54. The summed E-state index contributed by atoms with van der Waals surface area (Å²) in [5.41, 5.74) is 7.18. The first-order valence-electron chi connectivity index (χ1n) is 7.30. The van der Waals surface area contributed by atoms with Gasteiger partial charge in [-0.2, -0.15) is 5.10 Å². The number of esters is 1. The second-order valence-electron chi connectivity index (χ2n) is 5.47. The van der Waals surface area contributed by atoms with Crippen molar-refractivity contribution in [1.82, 2.24) is 5.43 Å². The van der Waals surface area contributed by atoms with Crippen molar-refractivity contribution in [3.05, 3.63) is 71.0 Å². The zero-order valence-electron chi connectivity index (χ0n) is 12.5. The average Bonchev–Trinajstić information content (AvgIpc) is 3.04. The van der Waals surface area contributed by atoms with Crippen LogP contribution in [0.15, 0.2) is 59.4 Å². The molecule has 5 heteroatoms. The fourth-order valence-corrected chi connectivity index (χ4v) is 2.54. The van der Waals surface area contributed by atoms with Crippen LogP contribution in [0.2, 0.25) is 0 Å².